The second-order valence-electron chi connectivity index (χ2n) is 6.01. The molecule has 1 aromatic carbocycles. The molecule has 1 aromatic rings. The van der Waals surface area contributed by atoms with E-state index >= 15 is 0 Å². The van der Waals surface area contributed by atoms with Crippen LogP contribution in [0.3, 0.4) is 0 Å². The third kappa shape index (κ3) is 4.40. The SMILES string of the molecule is O=C(NC[C@@H]1CCCO1)c1ccc(Br)c(S(=O)(=O)N2CCOCC2)c1. The number of nitrogens with zero attached hydrogens (tertiary/aromatic N) is 1. The molecule has 0 aliphatic carbocycles. The first-order valence-corrected chi connectivity index (χ1v) is 10.5. The maximum Gasteiger partial charge on any atom is 0.251 e. The van der Waals surface area contributed by atoms with Crippen LogP contribution in [0.2, 0.25) is 0 Å². The largest absolute Gasteiger partial charge is 0.379 e. The molecule has 1 atom stereocenters. The molecule has 7 nitrogen and oxygen atoms in total. The van der Waals surface area contributed by atoms with Gasteiger partial charge in [-0.25, -0.2) is 8.42 Å². The lowest BCUT2D eigenvalue weighted by atomic mass is 10.2. The highest BCUT2D eigenvalue weighted by atomic mass is 79.9. The van der Waals surface area contributed by atoms with E-state index in [-0.39, 0.29) is 16.9 Å². The summed E-state index contributed by atoms with van der Waals surface area (Å²) in [5, 5.41) is 2.81. The molecule has 0 bridgehead atoms. The monoisotopic (exact) mass is 432 g/mol. The van der Waals surface area contributed by atoms with E-state index in [4.69, 9.17) is 9.47 Å². The minimum Gasteiger partial charge on any atom is -0.379 e. The van der Waals surface area contributed by atoms with Crippen molar-refractivity contribution >= 4 is 31.9 Å². The minimum absolute atomic E-state index is 0.0379. The van der Waals surface area contributed by atoms with Gasteiger partial charge in [0.25, 0.3) is 5.91 Å². The van der Waals surface area contributed by atoms with Crippen molar-refractivity contribution < 1.29 is 22.7 Å². The highest BCUT2D eigenvalue weighted by molar-refractivity contribution is 9.10. The van der Waals surface area contributed by atoms with Crippen molar-refractivity contribution in [2.75, 3.05) is 39.5 Å². The molecule has 1 amide bonds. The number of carbonyl (C=O) groups excluding carboxylic acids is 1. The van der Waals surface area contributed by atoms with Gasteiger partial charge in [0.15, 0.2) is 0 Å². The summed E-state index contributed by atoms with van der Waals surface area (Å²) in [5.74, 6) is -0.304. The Morgan fingerprint density at radius 1 is 1.28 bits per heavy atom. The molecule has 2 fully saturated rings. The fraction of sp³-hybridized carbons (Fsp3) is 0.562. The van der Waals surface area contributed by atoms with Crippen LogP contribution in [0, 0.1) is 0 Å². The number of sulfonamides is 1. The average Bonchev–Trinajstić information content (AvgIpc) is 3.14. The molecule has 0 saturated carbocycles. The summed E-state index contributed by atoms with van der Waals surface area (Å²) >= 11 is 3.29. The summed E-state index contributed by atoms with van der Waals surface area (Å²) in [6.07, 6.45) is 1.97. The van der Waals surface area contributed by atoms with Crippen LogP contribution < -0.4 is 5.32 Å². The molecule has 2 aliphatic heterocycles. The van der Waals surface area contributed by atoms with Crippen molar-refractivity contribution in [1.29, 1.82) is 0 Å². The fourth-order valence-electron chi connectivity index (χ4n) is 2.88. The van der Waals surface area contributed by atoms with Crippen molar-refractivity contribution in [3.05, 3.63) is 28.2 Å². The molecule has 3 rings (SSSR count). The molecule has 0 radical (unpaired) electrons. The number of ether oxygens (including phenoxy) is 2. The zero-order valence-corrected chi connectivity index (χ0v) is 16.1. The fourth-order valence-corrected chi connectivity index (χ4v) is 5.24. The summed E-state index contributed by atoms with van der Waals surface area (Å²) in [6.45, 7) is 2.52. The van der Waals surface area contributed by atoms with Crippen molar-refractivity contribution in [2.45, 2.75) is 23.8 Å². The van der Waals surface area contributed by atoms with E-state index in [9.17, 15) is 13.2 Å². The van der Waals surface area contributed by atoms with Crippen molar-refractivity contribution in [3.8, 4) is 0 Å². The predicted octanol–water partition coefficient (Wildman–Crippen LogP) is 1.38. The maximum absolute atomic E-state index is 12.8. The maximum atomic E-state index is 12.8. The second-order valence-corrected chi connectivity index (χ2v) is 8.77. The smallest absolute Gasteiger partial charge is 0.251 e. The van der Waals surface area contributed by atoms with E-state index in [0.717, 1.165) is 19.4 Å². The Morgan fingerprint density at radius 3 is 2.72 bits per heavy atom. The molecule has 138 valence electrons. The molecule has 0 spiro atoms. The number of halogens is 1. The third-order valence-corrected chi connectivity index (χ3v) is 7.19. The van der Waals surface area contributed by atoms with Gasteiger partial charge in [0.2, 0.25) is 10.0 Å². The van der Waals surface area contributed by atoms with Crippen LogP contribution >= 0.6 is 15.9 Å². The Labute approximate surface area is 155 Å². The third-order valence-electron chi connectivity index (χ3n) is 4.30. The van der Waals surface area contributed by atoms with Crippen LogP contribution in [0.25, 0.3) is 0 Å². The van der Waals surface area contributed by atoms with Gasteiger partial charge in [-0.2, -0.15) is 4.31 Å². The van der Waals surface area contributed by atoms with Gasteiger partial charge in [0, 0.05) is 36.3 Å². The topological polar surface area (TPSA) is 84.9 Å². The first-order valence-electron chi connectivity index (χ1n) is 8.26. The van der Waals surface area contributed by atoms with E-state index in [2.05, 4.69) is 21.2 Å². The predicted molar refractivity (Wildman–Crippen MR) is 95.0 cm³/mol. The molecule has 25 heavy (non-hydrogen) atoms. The van der Waals surface area contributed by atoms with E-state index < -0.39 is 10.0 Å². The molecule has 2 aliphatic rings. The second kappa shape index (κ2) is 8.13. The van der Waals surface area contributed by atoms with Crippen molar-refractivity contribution in [1.82, 2.24) is 9.62 Å². The highest BCUT2D eigenvalue weighted by Gasteiger charge is 2.29. The van der Waals surface area contributed by atoms with Gasteiger partial charge in [0.1, 0.15) is 0 Å². The van der Waals surface area contributed by atoms with Gasteiger partial charge < -0.3 is 14.8 Å². The van der Waals surface area contributed by atoms with Crippen molar-refractivity contribution in [2.24, 2.45) is 0 Å². The summed E-state index contributed by atoms with van der Waals surface area (Å²) < 4.78 is 38.2. The van der Waals surface area contributed by atoms with Crippen LogP contribution in [-0.4, -0.2) is 64.2 Å². The Balaban J connectivity index is 1.76. The molecule has 2 saturated heterocycles. The number of benzene rings is 1. The lowest BCUT2D eigenvalue weighted by Crippen LogP contribution is -2.40. The number of carbonyl (C=O) groups is 1. The average molecular weight is 433 g/mol. The van der Waals surface area contributed by atoms with Crippen LogP contribution in [0.1, 0.15) is 23.2 Å². The van der Waals surface area contributed by atoms with Crippen LogP contribution in [0.15, 0.2) is 27.6 Å². The van der Waals surface area contributed by atoms with Gasteiger partial charge in [-0.3, -0.25) is 4.79 Å². The molecular formula is C16H21BrN2O5S. The summed E-state index contributed by atoms with van der Waals surface area (Å²) in [5.41, 5.74) is 0.313. The normalized spacial score (nSPS) is 22.0. The molecular weight excluding hydrogens is 412 g/mol. The number of hydrogen-bond donors (Lipinski definition) is 1. The van der Waals surface area contributed by atoms with Crippen molar-refractivity contribution in [3.63, 3.8) is 0 Å². The van der Waals surface area contributed by atoms with Crippen LogP contribution in [0.4, 0.5) is 0 Å². The van der Waals surface area contributed by atoms with E-state index in [1.807, 2.05) is 0 Å². The number of nitrogens with one attached hydrogen (secondary N) is 1. The van der Waals surface area contributed by atoms with Gasteiger partial charge in [-0.1, -0.05) is 0 Å². The molecule has 9 heteroatoms. The molecule has 0 aromatic heterocycles. The van der Waals surface area contributed by atoms with Gasteiger partial charge in [-0.05, 0) is 47.0 Å². The summed E-state index contributed by atoms with van der Waals surface area (Å²) in [4.78, 5) is 12.5. The zero-order chi connectivity index (χ0) is 17.9. The summed E-state index contributed by atoms with van der Waals surface area (Å²) in [6, 6.07) is 4.61. The number of rotatable bonds is 5. The van der Waals surface area contributed by atoms with E-state index in [0.29, 0.717) is 42.9 Å². The summed E-state index contributed by atoms with van der Waals surface area (Å²) in [7, 11) is -3.68. The Bertz CT molecular complexity index is 728. The lowest BCUT2D eigenvalue weighted by Gasteiger charge is -2.26. The number of hydrogen-bond acceptors (Lipinski definition) is 5. The molecule has 1 N–H and O–H groups in total. The number of morpholine rings is 1. The van der Waals surface area contributed by atoms with Gasteiger partial charge in [0.05, 0.1) is 24.2 Å². The lowest BCUT2D eigenvalue weighted by molar-refractivity contribution is 0.0730. The minimum atomic E-state index is -3.68. The zero-order valence-electron chi connectivity index (χ0n) is 13.7. The van der Waals surface area contributed by atoms with Crippen LogP contribution in [-0.2, 0) is 19.5 Å². The Morgan fingerprint density at radius 2 is 2.04 bits per heavy atom. The quantitative estimate of drug-likeness (QED) is 0.759. The Kier molecular flexibility index (Phi) is 6.11. The molecule has 2 heterocycles. The number of amides is 1. The Hall–Kier alpha value is -1.00. The highest BCUT2D eigenvalue weighted by Crippen LogP contribution is 2.27. The van der Waals surface area contributed by atoms with Crippen LogP contribution in [0.5, 0.6) is 0 Å². The first kappa shape index (κ1) is 18.8. The van der Waals surface area contributed by atoms with Gasteiger partial charge in [-0.15, -0.1) is 0 Å². The molecule has 0 unspecified atom stereocenters. The first-order chi connectivity index (χ1) is 12.0. The van der Waals surface area contributed by atoms with E-state index in [1.54, 1.807) is 12.1 Å². The van der Waals surface area contributed by atoms with Gasteiger partial charge >= 0.3 is 0 Å². The van der Waals surface area contributed by atoms with E-state index in [1.165, 1.54) is 10.4 Å². The standard InChI is InChI=1S/C16H21BrN2O5S/c17-14-4-3-12(16(20)18-11-13-2-1-7-24-13)10-15(14)25(21,22)19-5-8-23-9-6-19/h3-4,10,13H,1-2,5-9,11H2,(H,18,20)/t13-/m0/s1.